The van der Waals surface area contributed by atoms with Crippen molar-refractivity contribution in [2.75, 3.05) is 33.4 Å². The summed E-state index contributed by atoms with van der Waals surface area (Å²) in [5, 5.41) is 7.12. The molecule has 1 amide bonds. The van der Waals surface area contributed by atoms with Crippen LogP contribution in [0.4, 0.5) is 0 Å². The molecule has 1 N–H and O–H groups in total. The fraction of sp³-hybridized carbons (Fsp3) is 0.591. The van der Waals surface area contributed by atoms with Crippen LogP contribution in [0.2, 0.25) is 0 Å². The van der Waals surface area contributed by atoms with Crippen LogP contribution in [-0.2, 0) is 16.1 Å². The second-order valence-electron chi connectivity index (χ2n) is 7.85. The Morgan fingerprint density at radius 2 is 2.00 bits per heavy atom. The second kappa shape index (κ2) is 11.1. The Kier molecular flexibility index (Phi) is 8.21. The Balaban J connectivity index is 1.39. The van der Waals surface area contributed by atoms with E-state index in [-0.39, 0.29) is 17.9 Å². The van der Waals surface area contributed by atoms with Crippen LogP contribution in [0.3, 0.4) is 0 Å². The third-order valence-electron chi connectivity index (χ3n) is 5.21. The van der Waals surface area contributed by atoms with E-state index < -0.39 is 0 Å². The number of benzene rings is 1. The number of ether oxygens (including phenoxy) is 2. The molecule has 1 aliphatic rings. The fourth-order valence-electron chi connectivity index (χ4n) is 3.47. The Labute approximate surface area is 177 Å². The number of piperidine rings is 1. The minimum Gasteiger partial charge on any atom is -0.497 e. The first kappa shape index (κ1) is 22.2. The molecule has 1 aromatic carbocycles. The summed E-state index contributed by atoms with van der Waals surface area (Å²) < 4.78 is 16.1. The van der Waals surface area contributed by atoms with Crippen LogP contribution in [0, 0.1) is 5.92 Å². The van der Waals surface area contributed by atoms with Gasteiger partial charge >= 0.3 is 0 Å². The maximum absolute atomic E-state index is 12.3. The lowest BCUT2D eigenvalue weighted by Crippen LogP contribution is -2.40. The van der Waals surface area contributed by atoms with Crippen molar-refractivity contribution in [2.24, 2.45) is 5.92 Å². The molecule has 0 unspecified atom stereocenters. The van der Waals surface area contributed by atoms with Gasteiger partial charge in [0.05, 0.1) is 19.8 Å². The first-order valence-corrected chi connectivity index (χ1v) is 10.6. The topological polar surface area (TPSA) is 89.7 Å². The highest BCUT2D eigenvalue weighted by Gasteiger charge is 2.25. The monoisotopic (exact) mass is 416 g/mol. The predicted molar refractivity (Wildman–Crippen MR) is 113 cm³/mol. The molecule has 0 bridgehead atoms. The van der Waals surface area contributed by atoms with Gasteiger partial charge in [0.25, 0.3) is 0 Å². The number of aromatic nitrogens is 2. The number of carbonyl (C=O) groups excluding carboxylic acids is 1. The number of hydrogen-bond acceptors (Lipinski definition) is 7. The Morgan fingerprint density at radius 1 is 1.27 bits per heavy atom. The molecule has 8 heteroatoms. The number of methoxy groups -OCH3 is 1. The maximum Gasteiger partial charge on any atom is 0.241 e. The van der Waals surface area contributed by atoms with Gasteiger partial charge in [-0.15, -0.1) is 0 Å². The fourth-order valence-corrected chi connectivity index (χ4v) is 3.47. The minimum atomic E-state index is 0.0739. The highest BCUT2D eigenvalue weighted by atomic mass is 16.5. The molecule has 30 heavy (non-hydrogen) atoms. The van der Waals surface area contributed by atoms with Crippen molar-refractivity contribution in [1.29, 1.82) is 0 Å². The lowest BCUT2D eigenvalue weighted by atomic mass is 9.96. The number of rotatable bonds is 10. The molecule has 3 rings (SSSR count). The first-order valence-electron chi connectivity index (χ1n) is 10.6. The zero-order valence-electron chi connectivity index (χ0n) is 18.1. The third kappa shape index (κ3) is 6.53. The number of nitrogens with zero attached hydrogens (tertiary/aromatic N) is 3. The number of carbonyl (C=O) groups is 1. The van der Waals surface area contributed by atoms with E-state index in [0.717, 1.165) is 43.7 Å². The molecule has 2 heterocycles. The summed E-state index contributed by atoms with van der Waals surface area (Å²) in [6, 6.07) is 7.57. The van der Waals surface area contributed by atoms with Crippen LogP contribution >= 0.6 is 0 Å². The van der Waals surface area contributed by atoms with E-state index in [1.165, 1.54) is 0 Å². The molecule has 0 radical (unpaired) electrons. The molecule has 2 aromatic rings. The second-order valence-corrected chi connectivity index (χ2v) is 7.85. The molecule has 0 saturated carbocycles. The van der Waals surface area contributed by atoms with Gasteiger partial charge in [0.2, 0.25) is 17.6 Å². The zero-order valence-corrected chi connectivity index (χ0v) is 18.1. The quantitative estimate of drug-likeness (QED) is 0.596. The summed E-state index contributed by atoms with van der Waals surface area (Å²) in [7, 11) is 1.64. The highest BCUT2D eigenvalue weighted by Crippen LogP contribution is 2.22. The summed E-state index contributed by atoms with van der Waals surface area (Å²) in [6.07, 6.45) is 2.76. The van der Waals surface area contributed by atoms with Crippen LogP contribution in [0.15, 0.2) is 28.8 Å². The molecule has 1 fully saturated rings. The number of hydrogen-bond donors (Lipinski definition) is 1. The van der Waals surface area contributed by atoms with Gasteiger partial charge in [0.15, 0.2) is 0 Å². The van der Waals surface area contributed by atoms with E-state index in [1.54, 1.807) is 7.11 Å². The van der Waals surface area contributed by atoms with Crippen molar-refractivity contribution in [3.63, 3.8) is 0 Å². The van der Waals surface area contributed by atoms with E-state index in [0.29, 0.717) is 31.4 Å². The third-order valence-corrected chi connectivity index (χ3v) is 5.21. The minimum absolute atomic E-state index is 0.0739. The Morgan fingerprint density at radius 3 is 2.67 bits per heavy atom. The standard InChI is InChI=1S/C22H32N4O4/c1-16(2)29-14-4-11-23-22(27)18-9-12-26(13-10-18)15-20-24-21(25-30-20)17-5-7-19(28-3)8-6-17/h5-8,16,18H,4,9-15H2,1-3H3,(H,23,27). The maximum atomic E-state index is 12.3. The average molecular weight is 417 g/mol. The van der Waals surface area contributed by atoms with Gasteiger partial charge in [-0.1, -0.05) is 5.16 Å². The van der Waals surface area contributed by atoms with Crippen molar-refractivity contribution in [2.45, 2.75) is 45.8 Å². The van der Waals surface area contributed by atoms with Crippen molar-refractivity contribution >= 4 is 5.91 Å². The van der Waals surface area contributed by atoms with E-state index in [2.05, 4.69) is 20.4 Å². The van der Waals surface area contributed by atoms with Crippen LogP contribution in [-0.4, -0.2) is 60.4 Å². The van der Waals surface area contributed by atoms with E-state index in [9.17, 15) is 4.79 Å². The van der Waals surface area contributed by atoms with Gasteiger partial charge in [-0.25, -0.2) is 0 Å². The van der Waals surface area contributed by atoms with Crippen LogP contribution in [0.25, 0.3) is 11.4 Å². The van der Waals surface area contributed by atoms with E-state index in [4.69, 9.17) is 14.0 Å². The molecular formula is C22H32N4O4. The van der Waals surface area contributed by atoms with Gasteiger partial charge in [0.1, 0.15) is 5.75 Å². The van der Waals surface area contributed by atoms with Gasteiger partial charge in [-0.3, -0.25) is 9.69 Å². The van der Waals surface area contributed by atoms with Crippen LogP contribution < -0.4 is 10.1 Å². The Bertz CT molecular complexity index is 783. The number of amides is 1. The summed E-state index contributed by atoms with van der Waals surface area (Å²) in [4.78, 5) is 19.1. The average Bonchev–Trinajstić information content (AvgIpc) is 3.22. The largest absolute Gasteiger partial charge is 0.497 e. The van der Waals surface area contributed by atoms with Crippen molar-refractivity contribution < 1.29 is 18.8 Å². The highest BCUT2D eigenvalue weighted by molar-refractivity contribution is 5.78. The summed E-state index contributed by atoms with van der Waals surface area (Å²) >= 11 is 0. The molecule has 1 saturated heterocycles. The molecule has 0 atom stereocenters. The summed E-state index contributed by atoms with van der Waals surface area (Å²) in [6.45, 7) is 7.66. The van der Waals surface area contributed by atoms with Gasteiger partial charge < -0.3 is 19.3 Å². The zero-order chi connectivity index (χ0) is 21.3. The number of nitrogens with one attached hydrogen (secondary N) is 1. The Hall–Kier alpha value is -2.45. The van der Waals surface area contributed by atoms with Gasteiger partial charge in [0, 0.05) is 24.6 Å². The normalized spacial score (nSPS) is 15.5. The molecule has 1 aromatic heterocycles. The first-order chi connectivity index (χ1) is 14.5. The summed E-state index contributed by atoms with van der Waals surface area (Å²) in [5.41, 5.74) is 0.889. The molecule has 8 nitrogen and oxygen atoms in total. The molecule has 164 valence electrons. The van der Waals surface area contributed by atoms with Crippen molar-refractivity contribution in [3.05, 3.63) is 30.2 Å². The molecule has 0 spiro atoms. The van der Waals surface area contributed by atoms with Crippen molar-refractivity contribution in [1.82, 2.24) is 20.4 Å². The van der Waals surface area contributed by atoms with Gasteiger partial charge in [-0.2, -0.15) is 4.98 Å². The van der Waals surface area contributed by atoms with Crippen LogP contribution in [0.1, 0.15) is 39.0 Å². The van der Waals surface area contributed by atoms with E-state index in [1.807, 2.05) is 38.1 Å². The van der Waals surface area contributed by atoms with Crippen LogP contribution in [0.5, 0.6) is 5.75 Å². The predicted octanol–water partition coefficient (Wildman–Crippen LogP) is 2.89. The lowest BCUT2D eigenvalue weighted by Gasteiger charge is -2.30. The molecule has 0 aliphatic carbocycles. The SMILES string of the molecule is COc1ccc(-c2noc(CN3CCC(C(=O)NCCCOC(C)C)CC3)n2)cc1. The van der Waals surface area contributed by atoms with Gasteiger partial charge in [-0.05, 0) is 70.5 Å². The molecular weight excluding hydrogens is 384 g/mol. The van der Waals surface area contributed by atoms with Crippen molar-refractivity contribution in [3.8, 4) is 17.1 Å². The summed E-state index contributed by atoms with van der Waals surface area (Å²) in [5.74, 6) is 2.18. The lowest BCUT2D eigenvalue weighted by molar-refractivity contribution is -0.126. The smallest absolute Gasteiger partial charge is 0.241 e. The number of likely N-dealkylation sites (tertiary alicyclic amines) is 1. The molecule has 1 aliphatic heterocycles. The van der Waals surface area contributed by atoms with E-state index >= 15 is 0 Å².